The average molecular weight is 332 g/mol. The molecule has 5 heteroatoms. The zero-order valence-electron chi connectivity index (χ0n) is 15.7. The van der Waals surface area contributed by atoms with Gasteiger partial charge in [-0.3, -0.25) is 4.90 Å². The second-order valence-corrected chi connectivity index (χ2v) is 6.69. The van der Waals surface area contributed by atoms with Crippen LogP contribution in [0, 0.1) is 6.92 Å². The molecule has 0 bridgehead atoms. The Balaban J connectivity index is 1.86. The van der Waals surface area contributed by atoms with Crippen LogP contribution in [-0.2, 0) is 6.54 Å². The molecule has 5 nitrogen and oxygen atoms in total. The highest BCUT2D eigenvalue weighted by Gasteiger charge is 2.19. The fraction of sp³-hybridized carbons (Fsp3) is 0.632. The minimum absolute atomic E-state index is 0.515. The number of piperazine rings is 1. The van der Waals surface area contributed by atoms with Gasteiger partial charge in [0.05, 0.1) is 6.54 Å². The van der Waals surface area contributed by atoms with Crippen molar-refractivity contribution < 1.29 is 0 Å². The Morgan fingerprint density at radius 3 is 2.54 bits per heavy atom. The molecule has 0 spiro atoms. The summed E-state index contributed by atoms with van der Waals surface area (Å²) in [4.78, 5) is 9.69. The smallest absolute Gasteiger partial charge is 0.191 e. The van der Waals surface area contributed by atoms with Gasteiger partial charge in [0.2, 0.25) is 0 Å². The molecule has 2 N–H and O–H groups in total. The molecule has 1 aliphatic heterocycles. The summed E-state index contributed by atoms with van der Waals surface area (Å²) in [5.74, 6) is 0.904. The largest absolute Gasteiger partial charge is 0.357 e. The van der Waals surface area contributed by atoms with Gasteiger partial charge in [0.1, 0.15) is 0 Å². The summed E-state index contributed by atoms with van der Waals surface area (Å²) in [6, 6.07) is 8.95. The predicted molar refractivity (Wildman–Crippen MR) is 103 cm³/mol. The molecule has 1 saturated heterocycles. The maximum atomic E-state index is 4.74. The van der Waals surface area contributed by atoms with E-state index in [-0.39, 0.29) is 0 Å². The van der Waals surface area contributed by atoms with Gasteiger partial charge in [-0.1, -0.05) is 24.3 Å². The van der Waals surface area contributed by atoms with E-state index in [1.165, 1.54) is 11.1 Å². The lowest BCUT2D eigenvalue weighted by molar-refractivity contribution is 0.120. The van der Waals surface area contributed by atoms with Crippen molar-refractivity contribution in [3.05, 3.63) is 35.4 Å². The maximum Gasteiger partial charge on any atom is 0.191 e. The quantitative estimate of drug-likeness (QED) is 0.615. The predicted octanol–water partition coefficient (Wildman–Crippen LogP) is 1.69. The minimum Gasteiger partial charge on any atom is -0.357 e. The van der Waals surface area contributed by atoms with E-state index in [2.05, 4.69) is 72.5 Å². The Hall–Kier alpha value is -1.59. The standard InChI is InChI=1S/C19H33N5/c1-5-20-19(22-15-18-9-7-6-8-16(18)2)21-14-17(3)24-12-10-23(4)11-13-24/h6-9,17H,5,10-15H2,1-4H3,(H2,20,21,22). The zero-order chi connectivity index (χ0) is 17.4. The van der Waals surface area contributed by atoms with Gasteiger partial charge in [-0.15, -0.1) is 0 Å². The monoisotopic (exact) mass is 331 g/mol. The molecule has 1 aromatic rings. The third-order valence-electron chi connectivity index (χ3n) is 4.74. The van der Waals surface area contributed by atoms with Crippen LogP contribution in [-0.4, -0.2) is 68.1 Å². The summed E-state index contributed by atoms with van der Waals surface area (Å²) in [5.41, 5.74) is 2.57. The SMILES string of the molecule is CCNC(=NCc1ccccc1C)NCC(C)N1CCN(C)CC1. The first-order valence-corrected chi connectivity index (χ1v) is 9.09. The second kappa shape index (κ2) is 9.64. The van der Waals surface area contributed by atoms with E-state index in [0.717, 1.165) is 45.2 Å². The van der Waals surface area contributed by atoms with Crippen molar-refractivity contribution in [1.29, 1.82) is 0 Å². The van der Waals surface area contributed by atoms with Gasteiger partial charge in [-0.25, -0.2) is 4.99 Å². The van der Waals surface area contributed by atoms with Crippen molar-refractivity contribution in [3.8, 4) is 0 Å². The molecule has 1 atom stereocenters. The van der Waals surface area contributed by atoms with Crippen LogP contribution in [0.3, 0.4) is 0 Å². The van der Waals surface area contributed by atoms with Gasteiger partial charge >= 0.3 is 0 Å². The number of hydrogen-bond acceptors (Lipinski definition) is 3. The van der Waals surface area contributed by atoms with Crippen LogP contribution in [0.1, 0.15) is 25.0 Å². The van der Waals surface area contributed by atoms with Crippen molar-refractivity contribution in [1.82, 2.24) is 20.4 Å². The van der Waals surface area contributed by atoms with E-state index >= 15 is 0 Å². The van der Waals surface area contributed by atoms with Crippen LogP contribution >= 0.6 is 0 Å². The van der Waals surface area contributed by atoms with E-state index in [1.807, 2.05) is 0 Å². The van der Waals surface area contributed by atoms with E-state index in [1.54, 1.807) is 0 Å². The Morgan fingerprint density at radius 2 is 1.88 bits per heavy atom. The average Bonchev–Trinajstić information content (AvgIpc) is 2.59. The molecular weight excluding hydrogens is 298 g/mol. The van der Waals surface area contributed by atoms with E-state index in [9.17, 15) is 0 Å². The lowest BCUT2D eigenvalue weighted by Crippen LogP contribution is -2.52. The Labute approximate surface area is 147 Å². The third kappa shape index (κ3) is 5.80. The number of guanidine groups is 1. The zero-order valence-corrected chi connectivity index (χ0v) is 15.7. The van der Waals surface area contributed by atoms with Gasteiger partial charge in [-0.05, 0) is 38.9 Å². The van der Waals surface area contributed by atoms with Crippen molar-refractivity contribution in [2.75, 3.05) is 46.3 Å². The molecule has 0 saturated carbocycles. The Kier molecular flexibility index (Phi) is 7.53. The topological polar surface area (TPSA) is 42.9 Å². The van der Waals surface area contributed by atoms with E-state index in [4.69, 9.17) is 4.99 Å². The molecule has 0 amide bonds. The van der Waals surface area contributed by atoms with Gasteiger partial charge in [0.25, 0.3) is 0 Å². The van der Waals surface area contributed by atoms with Crippen LogP contribution in [0.4, 0.5) is 0 Å². The van der Waals surface area contributed by atoms with E-state index < -0.39 is 0 Å². The van der Waals surface area contributed by atoms with Crippen LogP contribution in [0.2, 0.25) is 0 Å². The lowest BCUT2D eigenvalue weighted by Gasteiger charge is -2.36. The van der Waals surface area contributed by atoms with Crippen LogP contribution in [0.25, 0.3) is 0 Å². The van der Waals surface area contributed by atoms with Gasteiger partial charge in [-0.2, -0.15) is 0 Å². The molecule has 0 aromatic heterocycles. The molecule has 2 rings (SSSR count). The van der Waals surface area contributed by atoms with Crippen molar-refractivity contribution in [2.24, 2.45) is 4.99 Å². The number of benzene rings is 1. The van der Waals surface area contributed by atoms with Crippen LogP contribution in [0.5, 0.6) is 0 Å². The number of aryl methyl sites for hydroxylation is 1. The first-order chi connectivity index (χ1) is 11.6. The number of nitrogens with one attached hydrogen (secondary N) is 2. The molecule has 0 aliphatic carbocycles. The Morgan fingerprint density at radius 1 is 1.17 bits per heavy atom. The molecule has 134 valence electrons. The lowest BCUT2D eigenvalue weighted by atomic mass is 10.1. The molecule has 1 unspecified atom stereocenters. The molecule has 1 aromatic carbocycles. The number of likely N-dealkylation sites (N-methyl/N-ethyl adjacent to an activating group) is 1. The van der Waals surface area contributed by atoms with Crippen LogP contribution in [0.15, 0.2) is 29.3 Å². The first-order valence-electron chi connectivity index (χ1n) is 9.09. The normalized spacial score (nSPS) is 18.4. The maximum absolute atomic E-state index is 4.74. The highest BCUT2D eigenvalue weighted by molar-refractivity contribution is 5.79. The summed E-state index contributed by atoms with van der Waals surface area (Å²) in [6.07, 6.45) is 0. The first kappa shape index (κ1) is 18.7. The second-order valence-electron chi connectivity index (χ2n) is 6.69. The van der Waals surface area contributed by atoms with Crippen molar-refractivity contribution >= 4 is 5.96 Å². The summed E-state index contributed by atoms with van der Waals surface area (Å²) < 4.78 is 0. The summed E-state index contributed by atoms with van der Waals surface area (Å²) in [5, 5.41) is 6.85. The Bertz CT molecular complexity index is 520. The highest BCUT2D eigenvalue weighted by atomic mass is 15.3. The molecule has 1 fully saturated rings. The molecule has 24 heavy (non-hydrogen) atoms. The number of hydrogen-bond donors (Lipinski definition) is 2. The van der Waals surface area contributed by atoms with Crippen molar-refractivity contribution in [2.45, 2.75) is 33.4 Å². The minimum atomic E-state index is 0.515. The molecule has 1 aliphatic rings. The fourth-order valence-corrected chi connectivity index (χ4v) is 2.93. The van der Waals surface area contributed by atoms with Crippen molar-refractivity contribution in [3.63, 3.8) is 0 Å². The molecule has 0 radical (unpaired) electrons. The third-order valence-corrected chi connectivity index (χ3v) is 4.74. The van der Waals surface area contributed by atoms with E-state index in [0.29, 0.717) is 12.6 Å². The number of rotatable bonds is 6. The fourth-order valence-electron chi connectivity index (χ4n) is 2.93. The van der Waals surface area contributed by atoms with Gasteiger partial charge < -0.3 is 15.5 Å². The number of aliphatic imine (C=N–C) groups is 1. The van der Waals surface area contributed by atoms with Gasteiger partial charge in [0.15, 0.2) is 5.96 Å². The molecular formula is C19H33N5. The van der Waals surface area contributed by atoms with Gasteiger partial charge in [0, 0.05) is 45.3 Å². The van der Waals surface area contributed by atoms with Crippen LogP contribution < -0.4 is 10.6 Å². The summed E-state index contributed by atoms with van der Waals surface area (Å²) >= 11 is 0. The number of nitrogens with zero attached hydrogens (tertiary/aromatic N) is 3. The summed E-state index contributed by atoms with van der Waals surface area (Å²) in [7, 11) is 2.20. The summed E-state index contributed by atoms with van der Waals surface area (Å²) in [6.45, 7) is 13.7. The highest BCUT2D eigenvalue weighted by Crippen LogP contribution is 2.08. The molecule has 1 heterocycles.